The summed E-state index contributed by atoms with van der Waals surface area (Å²) in [4.78, 5) is 10.2. The second-order valence-electron chi connectivity index (χ2n) is 2.63. The number of hydrogen-bond donors (Lipinski definition) is 0. The van der Waals surface area contributed by atoms with Crippen LogP contribution in [0, 0.1) is 0 Å². The fourth-order valence-corrected chi connectivity index (χ4v) is 1.11. The van der Waals surface area contributed by atoms with Crippen LogP contribution in [0.2, 0.25) is 0 Å². The van der Waals surface area contributed by atoms with Crippen LogP contribution < -0.4 is 0 Å². The van der Waals surface area contributed by atoms with Crippen molar-refractivity contribution in [1.82, 2.24) is 0 Å². The maximum Gasteiger partial charge on any atom is 0.384 e. The van der Waals surface area contributed by atoms with Gasteiger partial charge in [0, 0.05) is 0 Å². The third kappa shape index (κ3) is 0.850. The number of carbonyl (C=O) groups excluding carboxylic acids is 1. The van der Waals surface area contributed by atoms with Gasteiger partial charge in [0.2, 0.25) is 0 Å². The first kappa shape index (κ1) is 11.5. The van der Waals surface area contributed by atoms with Crippen molar-refractivity contribution in [3.63, 3.8) is 0 Å². The van der Waals surface area contributed by atoms with E-state index in [0.29, 0.717) is 0 Å². The van der Waals surface area contributed by atoms with Gasteiger partial charge in [0.1, 0.15) is 0 Å². The van der Waals surface area contributed by atoms with E-state index in [9.17, 15) is 35.5 Å². The molecule has 0 aromatic rings. The van der Waals surface area contributed by atoms with E-state index in [-0.39, 0.29) is 0 Å². The molecule has 0 aliphatic heterocycles. The Hall–Kier alpha value is -0.530. The highest BCUT2D eigenvalue weighted by Crippen LogP contribution is 2.61. The molecule has 0 spiro atoms. The zero-order valence-electron chi connectivity index (χ0n) is 5.93. The first-order valence-electron chi connectivity index (χ1n) is 2.97. The second kappa shape index (κ2) is 2.34. The number of Topliss-reactive ketones (excluding diaryl/α,β-unsaturated/α-hetero) is 1. The Kier molecular flexibility index (Phi) is 1.93. The largest absolute Gasteiger partial charge is 0.384 e. The van der Waals surface area contributed by atoms with E-state index in [2.05, 4.69) is 11.6 Å². The van der Waals surface area contributed by atoms with E-state index in [4.69, 9.17) is 0 Å². The molecule has 0 heterocycles. The van der Waals surface area contributed by atoms with Crippen molar-refractivity contribution < 1.29 is 35.5 Å². The summed E-state index contributed by atoms with van der Waals surface area (Å²) in [7, 11) is 0. The van der Waals surface area contributed by atoms with Gasteiger partial charge in [0.05, 0.1) is 0 Å². The zero-order chi connectivity index (χ0) is 11.6. The summed E-state index contributed by atoms with van der Waals surface area (Å²) in [6.45, 7) is 0. The summed E-state index contributed by atoms with van der Waals surface area (Å²) in [6.07, 6.45) is 0. The predicted molar refractivity (Wildman–Crippen MR) is 29.5 cm³/mol. The normalized spacial score (nSPS) is 38.7. The van der Waals surface area contributed by atoms with Crippen molar-refractivity contribution >= 4 is 17.4 Å². The van der Waals surface area contributed by atoms with Crippen LogP contribution in [0.25, 0.3) is 0 Å². The molecule has 1 saturated carbocycles. The van der Waals surface area contributed by atoms with Crippen LogP contribution in [0.5, 0.6) is 0 Å². The third-order valence-electron chi connectivity index (χ3n) is 1.75. The van der Waals surface area contributed by atoms with Gasteiger partial charge in [0.25, 0.3) is 5.78 Å². The summed E-state index contributed by atoms with van der Waals surface area (Å²) in [5, 5.41) is -5.08. The van der Waals surface area contributed by atoms with E-state index < -0.39 is 28.7 Å². The molecule has 14 heavy (non-hydrogen) atoms. The molecule has 9 heteroatoms. The lowest BCUT2D eigenvalue weighted by Gasteiger charge is -2.23. The quantitative estimate of drug-likeness (QED) is 0.472. The minimum Gasteiger partial charge on any atom is -0.287 e. The fraction of sp³-hybridized carbons (Fsp3) is 0.800. The Labute approximate surface area is 76.8 Å². The molecule has 1 unspecified atom stereocenters. The van der Waals surface area contributed by atoms with Crippen LogP contribution in [0.15, 0.2) is 0 Å². The van der Waals surface area contributed by atoms with Crippen LogP contribution in [0.3, 0.4) is 0 Å². The number of hydrogen-bond acceptors (Lipinski definition) is 1. The molecule has 1 atom stereocenters. The molecule has 1 rings (SSSR count). The average molecular weight is 244 g/mol. The number of alkyl halides is 8. The molecular formula is C5ClF7O. The number of carbonyl (C=O) groups is 1. The summed E-state index contributed by atoms with van der Waals surface area (Å²) in [6, 6.07) is 0. The fourth-order valence-electron chi connectivity index (χ4n) is 0.877. The van der Waals surface area contributed by atoms with Crippen molar-refractivity contribution in [2.75, 3.05) is 0 Å². The monoisotopic (exact) mass is 244 g/mol. The van der Waals surface area contributed by atoms with E-state index in [1.165, 1.54) is 0 Å². The summed E-state index contributed by atoms with van der Waals surface area (Å²) in [5.41, 5.74) is 0. The molecule has 0 amide bonds. The van der Waals surface area contributed by atoms with Crippen molar-refractivity contribution in [1.29, 1.82) is 0 Å². The van der Waals surface area contributed by atoms with Crippen molar-refractivity contribution in [2.24, 2.45) is 0 Å². The minimum atomic E-state index is -6.13. The van der Waals surface area contributed by atoms with Gasteiger partial charge in [-0.1, -0.05) is 11.6 Å². The summed E-state index contributed by atoms with van der Waals surface area (Å²) in [5.74, 6) is -21.2. The average Bonchev–Trinajstić information content (AvgIpc) is 2.05. The van der Waals surface area contributed by atoms with Gasteiger partial charge >= 0.3 is 22.9 Å². The molecule has 0 aromatic heterocycles. The third-order valence-corrected chi connectivity index (χ3v) is 2.16. The first-order valence-corrected chi connectivity index (χ1v) is 3.34. The molecule has 82 valence electrons. The van der Waals surface area contributed by atoms with Crippen LogP contribution in [-0.2, 0) is 4.79 Å². The number of ketones is 1. The van der Waals surface area contributed by atoms with Crippen molar-refractivity contribution in [3.8, 4) is 0 Å². The van der Waals surface area contributed by atoms with Gasteiger partial charge in [-0.05, 0) is 0 Å². The Morgan fingerprint density at radius 1 is 0.857 bits per heavy atom. The molecule has 0 bridgehead atoms. The minimum absolute atomic E-state index is 3.33. The Balaban J connectivity index is 3.46. The van der Waals surface area contributed by atoms with Crippen LogP contribution in [0.1, 0.15) is 0 Å². The topological polar surface area (TPSA) is 17.1 Å². The highest BCUT2D eigenvalue weighted by Gasteiger charge is 2.92. The molecular weight excluding hydrogens is 244 g/mol. The van der Waals surface area contributed by atoms with Gasteiger partial charge in [-0.25, -0.2) is 4.39 Å². The van der Waals surface area contributed by atoms with Crippen molar-refractivity contribution in [2.45, 2.75) is 22.9 Å². The highest BCUT2D eigenvalue weighted by atomic mass is 35.5. The van der Waals surface area contributed by atoms with E-state index >= 15 is 0 Å². The van der Waals surface area contributed by atoms with Crippen LogP contribution in [-0.4, -0.2) is 28.7 Å². The smallest absolute Gasteiger partial charge is 0.287 e. The molecule has 0 N–H and O–H groups in total. The Morgan fingerprint density at radius 2 is 1.21 bits per heavy atom. The van der Waals surface area contributed by atoms with Gasteiger partial charge in [-0.15, -0.1) is 0 Å². The maximum absolute atomic E-state index is 12.5. The summed E-state index contributed by atoms with van der Waals surface area (Å²) >= 11 is 4.05. The van der Waals surface area contributed by atoms with E-state index in [1.807, 2.05) is 0 Å². The molecule has 1 nitrogen and oxygen atoms in total. The van der Waals surface area contributed by atoms with E-state index in [1.54, 1.807) is 0 Å². The SMILES string of the molecule is O=C1C(F)(F)C(F)(F)C(F)(F)C1(F)Cl. The van der Waals surface area contributed by atoms with Crippen LogP contribution in [0.4, 0.5) is 30.7 Å². The molecule has 0 radical (unpaired) electrons. The summed E-state index contributed by atoms with van der Waals surface area (Å²) < 4.78 is 85.9. The van der Waals surface area contributed by atoms with Gasteiger partial charge < -0.3 is 0 Å². The molecule has 0 saturated heterocycles. The maximum atomic E-state index is 12.5. The Bertz CT molecular complexity index is 268. The van der Waals surface area contributed by atoms with Gasteiger partial charge in [0.15, 0.2) is 0 Å². The van der Waals surface area contributed by atoms with Crippen molar-refractivity contribution in [3.05, 3.63) is 0 Å². The lowest BCUT2D eigenvalue weighted by Crippen LogP contribution is -2.50. The second-order valence-corrected chi connectivity index (χ2v) is 3.15. The lowest BCUT2D eigenvalue weighted by molar-refractivity contribution is -0.278. The van der Waals surface area contributed by atoms with Crippen LogP contribution >= 0.6 is 11.6 Å². The number of halogens is 8. The van der Waals surface area contributed by atoms with Gasteiger partial charge in [-0.3, -0.25) is 4.79 Å². The predicted octanol–water partition coefficient (Wildman–Crippen LogP) is 2.38. The molecule has 1 fully saturated rings. The molecule has 1 aliphatic carbocycles. The first-order chi connectivity index (χ1) is 5.90. The van der Waals surface area contributed by atoms with Gasteiger partial charge in [-0.2, -0.15) is 26.3 Å². The highest BCUT2D eigenvalue weighted by molar-refractivity contribution is 6.37. The lowest BCUT2D eigenvalue weighted by atomic mass is 10.2. The molecule has 1 aliphatic rings. The molecule has 0 aromatic carbocycles. The van der Waals surface area contributed by atoms with E-state index in [0.717, 1.165) is 0 Å². The zero-order valence-corrected chi connectivity index (χ0v) is 6.69. The number of rotatable bonds is 0. The standard InChI is InChI=1S/C5ClF7O/c6-2(7)1(14)3(8,9)5(12,13)4(2,10)11. The Morgan fingerprint density at radius 3 is 1.29 bits per heavy atom.